The van der Waals surface area contributed by atoms with Crippen molar-refractivity contribution in [2.24, 2.45) is 0 Å². The number of ether oxygens (including phenoxy) is 2. The summed E-state index contributed by atoms with van der Waals surface area (Å²) in [5.41, 5.74) is 2.71. The Balaban J connectivity index is 1.59. The van der Waals surface area contributed by atoms with Gasteiger partial charge in [0.05, 0.1) is 25.6 Å². The van der Waals surface area contributed by atoms with E-state index in [0.717, 1.165) is 11.3 Å². The van der Waals surface area contributed by atoms with Crippen molar-refractivity contribution in [1.82, 2.24) is 14.5 Å². The van der Waals surface area contributed by atoms with Gasteiger partial charge in [-0.05, 0) is 55.5 Å². The molecule has 0 atom stereocenters. The summed E-state index contributed by atoms with van der Waals surface area (Å²) in [6.07, 6.45) is 1.83. The van der Waals surface area contributed by atoms with E-state index in [1.54, 1.807) is 55.2 Å². The number of carbonyl (C=O) groups is 2. The van der Waals surface area contributed by atoms with Gasteiger partial charge < -0.3 is 14.4 Å². The molecule has 4 aromatic rings. The Kier molecular flexibility index (Phi) is 8.10. The fourth-order valence-corrected chi connectivity index (χ4v) is 3.89. The van der Waals surface area contributed by atoms with E-state index < -0.39 is 0 Å². The molecule has 0 saturated heterocycles. The molecule has 190 valence electrons. The van der Waals surface area contributed by atoms with Crippen molar-refractivity contribution in [2.75, 3.05) is 32.6 Å². The minimum Gasteiger partial charge on any atom is -0.497 e. The maximum absolute atomic E-state index is 13.1. The molecular formula is C28H27ClN4O4. The van der Waals surface area contributed by atoms with Crippen molar-refractivity contribution < 1.29 is 19.1 Å². The SMILES string of the molecule is CCN(CC(=O)Nc1nc(-c2ccc(Cl)cc2)cn1-c1cccc(OC)c1)C(=O)c1ccc(OC)cc1. The molecule has 0 aliphatic carbocycles. The minimum absolute atomic E-state index is 0.136. The first kappa shape index (κ1) is 25.8. The summed E-state index contributed by atoms with van der Waals surface area (Å²) in [5, 5.41) is 3.49. The molecule has 0 radical (unpaired) electrons. The summed E-state index contributed by atoms with van der Waals surface area (Å²) >= 11 is 6.05. The second kappa shape index (κ2) is 11.6. The summed E-state index contributed by atoms with van der Waals surface area (Å²) in [4.78, 5) is 32.2. The fourth-order valence-electron chi connectivity index (χ4n) is 3.77. The van der Waals surface area contributed by atoms with Crippen LogP contribution in [0, 0.1) is 0 Å². The zero-order valence-corrected chi connectivity index (χ0v) is 21.5. The fraction of sp³-hybridized carbons (Fsp3) is 0.179. The summed E-state index contributed by atoms with van der Waals surface area (Å²) < 4.78 is 12.3. The van der Waals surface area contributed by atoms with Gasteiger partial charge in [0.1, 0.15) is 18.0 Å². The van der Waals surface area contributed by atoms with Crippen LogP contribution in [-0.2, 0) is 4.79 Å². The third-order valence-electron chi connectivity index (χ3n) is 5.77. The van der Waals surface area contributed by atoms with Crippen LogP contribution in [0.15, 0.2) is 79.0 Å². The topological polar surface area (TPSA) is 85.7 Å². The number of nitrogens with zero attached hydrogens (tertiary/aromatic N) is 3. The van der Waals surface area contributed by atoms with E-state index in [4.69, 9.17) is 21.1 Å². The van der Waals surface area contributed by atoms with Crippen LogP contribution in [0.4, 0.5) is 5.95 Å². The zero-order chi connectivity index (χ0) is 26.4. The van der Waals surface area contributed by atoms with Crippen LogP contribution in [0.5, 0.6) is 11.5 Å². The third kappa shape index (κ3) is 6.10. The highest BCUT2D eigenvalue weighted by Crippen LogP contribution is 2.27. The van der Waals surface area contributed by atoms with Crippen LogP contribution >= 0.6 is 11.6 Å². The van der Waals surface area contributed by atoms with E-state index in [-0.39, 0.29) is 18.4 Å². The van der Waals surface area contributed by atoms with Crippen molar-refractivity contribution >= 4 is 29.4 Å². The maximum Gasteiger partial charge on any atom is 0.254 e. The van der Waals surface area contributed by atoms with Crippen molar-refractivity contribution in [3.05, 3.63) is 89.6 Å². The summed E-state index contributed by atoms with van der Waals surface area (Å²) in [6.45, 7) is 2.05. The molecular weight excluding hydrogens is 492 g/mol. The van der Waals surface area contributed by atoms with Crippen molar-refractivity contribution in [1.29, 1.82) is 0 Å². The summed E-state index contributed by atoms with van der Waals surface area (Å²) in [5.74, 6) is 1.01. The number of hydrogen-bond donors (Lipinski definition) is 1. The molecule has 0 unspecified atom stereocenters. The number of amides is 2. The average Bonchev–Trinajstić information content (AvgIpc) is 3.35. The normalized spacial score (nSPS) is 10.6. The van der Waals surface area contributed by atoms with Crippen LogP contribution in [0.3, 0.4) is 0 Å². The molecule has 0 aliphatic heterocycles. The number of carbonyl (C=O) groups excluding carboxylic acids is 2. The molecule has 0 aliphatic rings. The lowest BCUT2D eigenvalue weighted by Crippen LogP contribution is -2.38. The molecule has 3 aromatic carbocycles. The van der Waals surface area contributed by atoms with Crippen LogP contribution in [0.25, 0.3) is 16.9 Å². The second-order valence-electron chi connectivity index (χ2n) is 8.12. The first-order valence-electron chi connectivity index (χ1n) is 11.6. The lowest BCUT2D eigenvalue weighted by atomic mass is 10.2. The smallest absolute Gasteiger partial charge is 0.254 e. The number of aromatic nitrogens is 2. The number of methoxy groups -OCH3 is 2. The van der Waals surface area contributed by atoms with E-state index in [9.17, 15) is 9.59 Å². The third-order valence-corrected chi connectivity index (χ3v) is 6.02. The molecule has 4 rings (SSSR count). The molecule has 0 bridgehead atoms. The Morgan fingerprint density at radius 1 is 0.973 bits per heavy atom. The van der Waals surface area contributed by atoms with Gasteiger partial charge in [0.2, 0.25) is 11.9 Å². The molecule has 0 saturated carbocycles. The molecule has 0 fully saturated rings. The van der Waals surface area contributed by atoms with Gasteiger partial charge in [-0.1, -0.05) is 29.8 Å². The van der Waals surface area contributed by atoms with Crippen LogP contribution < -0.4 is 14.8 Å². The largest absolute Gasteiger partial charge is 0.497 e. The molecule has 37 heavy (non-hydrogen) atoms. The van der Waals surface area contributed by atoms with Crippen molar-refractivity contribution in [3.63, 3.8) is 0 Å². The lowest BCUT2D eigenvalue weighted by Gasteiger charge is -2.20. The van der Waals surface area contributed by atoms with E-state index in [2.05, 4.69) is 10.3 Å². The molecule has 1 heterocycles. The monoisotopic (exact) mass is 518 g/mol. The van der Waals surface area contributed by atoms with E-state index in [1.807, 2.05) is 49.5 Å². The summed E-state index contributed by atoms with van der Waals surface area (Å²) in [6, 6.07) is 21.5. The minimum atomic E-state index is -0.374. The first-order chi connectivity index (χ1) is 17.9. The first-order valence-corrected chi connectivity index (χ1v) is 12.0. The highest BCUT2D eigenvalue weighted by molar-refractivity contribution is 6.30. The maximum atomic E-state index is 13.1. The number of benzene rings is 3. The van der Waals surface area contributed by atoms with Gasteiger partial charge in [0, 0.05) is 35.0 Å². The number of rotatable bonds is 9. The van der Waals surface area contributed by atoms with Gasteiger partial charge >= 0.3 is 0 Å². The summed E-state index contributed by atoms with van der Waals surface area (Å²) in [7, 11) is 3.15. The number of halogens is 1. The Morgan fingerprint density at radius 3 is 2.32 bits per heavy atom. The number of anilines is 1. The quantitative estimate of drug-likeness (QED) is 0.324. The molecule has 2 amide bonds. The number of nitrogens with one attached hydrogen (secondary N) is 1. The number of imidazole rings is 1. The van der Waals surface area contributed by atoms with Crippen LogP contribution in [-0.4, -0.2) is 53.6 Å². The van der Waals surface area contributed by atoms with E-state index >= 15 is 0 Å². The lowest BCUT2D eigenvalue weighted by molar-refractivity contribution is -0.116. The standard InChI is InChI=1S/C28H27ClN4O4/c1-4-32(27(35)20-10-14-23(36-2)15-11-20)18-26(34)31-28-30-25(19-8-12-21(29)13-9-19)17-33(28)22-6-5-7-24(16-22)37-3/h5-17H,4,18H2,1-3H3,(H,30,31,34). The highest BCUT2D eigenvalue weighted by atomic mass is 35.5. The molecule has 9 heteroatoms. The van der Waals surface area contributed by atoms with Gasteiger partial charge in [-0.25, -0.2) is 4.98 Å². The van der Waals surface area contributed by atoms with Gasteiger partial charge in [-0.3, -0.25) is 19.5 Å². The number of hydrogen-bond acceptors (Lipinski definition) is 5. The second-order valence-corrected chi connectivity index (χ2v) is 8.56. The van der Waals surface area contributed by atoms with Crippen molar-refractivity contribution in [2.45, 2.75) is 6.92 Å². The Bertz CT molecular complexity index is 1380. The van der Waals surface area contributed by atoms with Crippen LogP contribution in [0.1, 0.15) is 17.3 Å². The number of likely N-dealkylation sites (N-methyl/N-ethyl adjacent to an activating group) is 1. The van der Waals surface area contributed by atoms with Gasteiger partial charge in [0.15, 0.2) is 0 Å². The predicted molar refractivity (Wildman–Crippen MR) is 144 cm³/mol. The van der Waals surface area contributed by atoms with Gasteiger partial charge in [-0.2, -0.15) is 0 Å². The average molecular weight is 519 g/mol. The van der Waals surface area contributed by atoms with Crippen LogP contribution in [0.2, 0.25) is 5.02 Å². The van der Waals surface area contributed by atoms with Crippen molar-refractivity contribution in [3.8, 4) is 28.4 Å². The van der Waals surface area contributed by atoms with E-state index in [0.29, 0.717) is 40.3 Å². The molecule has 1 aromatic heterocycles. The zero-order valence-electron chi connectivity index (χ0n) is 20.8. The Morgan fingerprint density at radius 2 is 1.68 bits per heavy atom. The van der Waals surface area contributed by atoms with E-state index in [1.165, 1.54) is 4.90 Å². The highest BCUT2D eigenvalue weighted by Gasteiger charge is 2.20. The molecule has 1 N–H and O–H groups in total. The Hall–Kier alpha value is -4.30. The predicted octanol–water partition coefficient (Wildman–Crippen LogP) is 5.31. The van der Waals surface area contributed by atoms with Gasteiger partial charge in [0.25, 0.3) is 5.91 Å². The Labute approximate surface area is 220 Å². The van der Waals surface area contributed by atoms with Gasteiger partial charge in [-0.15, -0.1) is 0 Å². The molecule has 0 spiro atoms. The molecule has 8 nitrogen and oxygen atoms in total.